The highest BCUT2D eigenvalue weighted by atomic mass is 35.5. The Labute approximate surface area is 194 Å². The molecule has 5 rings (SSSR count). The van der Waals surface area contributed by atoms with Gasteiger partial charge >= 0.3 is 5.69 Å². The summed E-state index contributed by atoms with van der Waals surface area (Å²) in [5.41, 5.74) is 1.38. The maximum atomic E-state index is 13.5. The van der Waals surface area contributed by atoms with Gasteiger partial charge in [-0.15, -0.1) is 0 Å². The molecule has 0 bridgehead atoms. The van der Waals surface area contributed by atoms with Crippen LogP contribution in [-0.4, -0.2) is 39.4 Å². The number of aromatic nitrogens is 4. The number of ether oxygens (including phenoxy) is 2. The van der Waals surface area contributed by atoms with Gasteiger partial charge in [-0.1, -0.05) is 29.8 Å². The number of anilines is 2. The van der Waals surface area contributed by atoms with E-state index in [1.54, 1.807) is 39.5 Å². The second-order valence-corrected chi connectivity index (χ2v) is 8.16. The zero-order valence-corrected chi connectivity index (χ0v) is 19.2. The molecule has 0 atom stereocenters. The average molecular weight is 468 g/mol. The van der Waals surface area contributed by atoms with Crippen molar-refractivity contribution in [2.75, 3.05) is 25.7 Å². The molecular formula is C23H22ClN5O4. The van der Waals surface area contributed by atoms with E-state index < -0.39 is 11.2 Å². The number of halogens is 1. The first-order chi connectivity index (χ1) is 15.9. The predicted octanol–water partition coefficient (Wildman–Crippen LogP) is 2.77. The van der Waals surface area contributed by atoms with Crippen molar-refractivity contribution in [3.05, 3.63) is 73.9 Å². The van der Waals surface area contributed by atoms with Crippen molar-refractivity contribution in [3.63, 3.8) is 0 Å². The van der Waals surface area contributed by atoms with Gasteiger partial charge in [0.1, 0.15) is 11.5 Å². The summed E-state index contributed by atoms with van der Waals surface area (Å²) in [4.78, 5) is 33.2. The Kier molecular flexibility index (Phi) is 5.13. The van der Waals surface area contributed by atoms with E-state index in [4.69, 9.17) is 21.1 Å². The maximum Gasteiger partial charge on any atom is 0.332 e. The van der Waals surface area contributed by atoms with Crippen LogP contribution >= 0.6 is 11.6 Å². The average Bonchev–Trinajstić information content (AvgIpc) is 3.40. The molecule has 170 valence electrons. The van der Waals surface area contributed by atoms with Crippen LogP contribution in [0.5, 0.6) is 11.5 Å². The van der Waals surface area contributed by atoms with Crippen LogP contribution in [0.25, 0.3) is 11.2 Å². The van der Waals surface area contributed by atoms with Crippen molar-refractivity contribution in [3.8, 4) is 11.5 Å². The first-order valence-corrected chi connectivity index (χ1v) is 10.8. The highest BCUT2D eigenvalue weighted by Gasteiger charge is 2.30. The van der Waals surface area contributed by atoms with E-state index >= 15 is 0 Å². The summed E-state index contributed by atoms with van der Waals surface area (Å²) < 4.78 is 15.3. The van der Waals surface area contributed by atoms with Crippen LogP contribution in [0.3, 0.4) is 0 Å². The summed E-state index contributed by atoms with van der Waals surface area (Å²) in [6.07, 6.45) is 0. The molecule has 0 radical (unpaired) electrons. The van der Waals surface area contributed by atoms with Crippen LogP contribution in [0.2, 0.25) is 5.02 Å². The number of nitrogens with zero attached hydrogens (tertiary/aromatic N) is 5. The largest absolute Gasteiger partial charge is 0.497 e. The van der Waals surface area contributed by atoms with Gasteiger partial charge in [-0.25, -0.2) is 4.79 Å². The molecule has 0 aliphatic carbocycles. The van der Waals surface area contributed by atoms with Crippen LogP contribution in [-0.2, 0) is 20.1 Å². The fraction of sp³-hybridized carbons (Fsp3) is 0.261. The Morgan fingerprint density at radius 2 is 1.85 bits per heavy atom. The lowest BCUT2D eigenvalue weighted by atomic mass is 10.2. The number of hydrogen-bond acceptors (Lipinski definition) is 6. The van der Waals surface area contributed by atoms with Crippen molar-refractivity contribution in [1.82, 2.24) is 18.7 Å². The Morgan fingerprint density at radius 1 is 1.06 bits per heavy atom. The molecule has 4 aromatic rings. The lowest BCUT2D eigenvalue weighted by molar-refractivity contribution is 0.395. The summed E-state index contributed by atoms with van der Waals surface area (Å²) in [7, 11) is 4.81. The van der Waals surface area contributed by atoms with Crippen LogP contribution in [0.15, 0.2) is 52.1 Å². The molecule has 2 aromatic heterocycles. The third-order valence-electron chi connectivity index (χ3n) is 5.96. The van der Waals surface area contributed by atoms with Crippen LogP contribution in [0.4, 0.5) is 11.6 Å². The monoisotopic (exact) mass is 467 g/mol. The smallest absolute Gasteiger partial charge is 0.332 e. The van der Waals surface area contributed by atoms with Crippen LogP contribution in [0, 0.1) is 0 Å². The zero-order chi connectivity index (χ0) is 23.3. The van der Waals surface area contributed by atoms with E-state index in [0.29, 0.717) is 52.3 Å². The van der Waals surface area contributed by atoms with Gasteiger partial charge in [0.25, 0.3) is 5.56 Å². The van der Waals surface area contributed by atoms with Gasteiger partial charge in [0.2, 0.25) is 5.95 Å². The highest BCUT2D eigenvalue weighted by molar-refractivity contribution is 6.31. The predicted molar refractivity (Wildman–Crippen MR) is 126 cm³/mol. The van der Waals surface area contributed by atoms with E-state index in [2.05, 4.69) is 4.98 Å². The van der Waals surface area contributed by atoms with Crippen molar-refractivity contribution in [1.29, 1.82) is 0 Å². The fourth-order valence-corrected chi connectivity index (χ4v) is 4.45. The van der Waals surface area contributed by atoms with E-state index in [9.17, 15) is 9.59 Å². The Bertz CT molecular complexity index is 1500. The first-order valence-electron chi connectivity index (χ1n) is 10.4. The van der Waals surface area contributed by atoms with E-state index in [1.165, 1.54) is 9.13 Å². The number of benzene rings is 2. The van der Waals surface area contributed by atoms with Gasteiger partial charge in [-0.05, 0) is 23.8 Å². The quantitative estimate of drug-likeness (QED) is 0.449. The number of hydrogen-bond donors (Lipinski definition) is 0. The number of imidazole rings is 1. The summed E-state index contributed by atoms with van der Waals surface area (Å²) in [6.45, 7) is 1.23. The van der Waals surface area contributed by atoms with Crippen molar-refractivity contribution < 1.29 is 9.47 Å². The van der Waals surface area contributed by atoms with E-state index in [-0.39, 0.29) is 6.54 Å². The molecule has 0 fully saturated rings. The summed E-state index contributed by atoms with van der Waals surface area (Å²) in [6, 6.07) is 12.7. The molecule has 1 aliphatic rings. The lowest BCUT2D eigenvalue weighted by Crippen LogP contribution is -2.40. The molecule has 0 saturated heterocycles. The molecule has 0 saturated carbocycles. The molecule has 0 spiro atoms. The van der Waals surface area contributed by atoms with Crippen LogP contribution < -0.4 is 25.6 Å². The van der Waals surface area contributed by atoms with E-state index in [0.717, 1.165) is 5.69 Å². The van der Waals surface area contributed by atoms with Gasteiger partial charge < -0.3 is 18.9 Å². The number of fused-ring (bicyclic) bond motifs is 3. The molecular weight excluding hydrogens is 446 g/mol. The Balaban J connectivity index is 1.67. The molecule has 3 heterocycles. The summed E-state index contributed by atoms with van der Waals surface area (Å²) in [5.74, 6) is 1.88. The van der Waals surface area contributed by atoms with Gasteiger partial charge in [-0.2, -0.15) is 4.98 Å². The molecule has 9 nitrogen and oxygen atoms in total. The van der Waals surface area contributed by atoms with Crippen LogP contribution in [0.1, 0.15) is 5.56 Å². The summed E-state index contributed by atoms with van der Waals surface area (Å²) in [5, 5.41) is 0.503. The number of methoxy groups -OCH3 is 2. The van der Waals surface area contributed by atoms with Crippen molar-refractivity contribution >= 4 is 34.4 Å². The third-order valence-corrected chi connectivity index (χ3v) is 6.33. The minimum atomic E-state index is -0.447. The topological polar surface area (TPSA) is 83.5 Å². The van der Waals surface area contributed by atoms with Gasteiger partial charge in [0.05, 0.1) is 26.5 Å². The van der Waals surface area contributed by atoms with Gasteiger partial charge in [-0.3, -0.25) is 13.9 Å². The SMILES string of the molecule is COc1ccc(N2CCn3c2nc2c3c(=O)n(Cc3ccccc3Cl)c(=O)n2C)c(OC)c1. The standard InChI is InChI=1S/C23H22ClN5O4/c1-26-20-19(21(30)29(23(26)31)13-14-6-4-5-7-16(14)24)28-11-10-27(22(28)25-20)17-9-8-15(32-2)12-18(17)33-3/h4-9,12H,10-11,13H2,1-3H3. The van der Waals surface area contributed by atoms with Crippen molar-refractivity contribution in [2.45, 2.75) is 13.1 Å². The first kappa shape index (κ1) is 21.1. The van der Waals surface area contributed by atoms with Gasteiger partial charge in [0, 0.05) is 31.2 Å². The molecule has 33 heavy (non-hydrogen) atoms. The Hall–Kier alpha value is -3.72. The fourth-order valence-electron chi connectivity index (χ4n) is 4.25. The molecule has 2 aromatic carbocycles. The number of aryl methyl sites for hydroxylation is 1. The van der Waals surface area contributed by atoms with Crippen molar-refractivity contribution in [2.24, 2.45) is 7.05 Å². The van der Waals surface area contributed by atoms with Gasteiger partial charge in [0.15, 0.2) is 11.2 Å². The Morgan fingerprint density at radius 3 is 2.58 bits per heavy atom. The second kappa shape index (κ2) is 8.00. The normalized spacial score (nSPS) is 12.9. The molecule has 0 N–H and O–H groups in total. The third kappa shape index (κ3) is 3.27. The molecule has 1 aliphatic heterocycles. The number of rotatable bonds is 5. The minimum absolute atomic E-state index is 0.0810. The van der Waals surface area contributed by atoms with E-state index in [1.807, 2.05) is 33.7 Å². The minimum Gasteiger partial charge on any atom is -0.497 e. The maximum absolute atomic E-state index is 13.5. The zero-order valence-electron chi connectivity index (χ0n) is 18.4. The molecule has 10 heteroatoms. The second-order valence-electron chi connectivity index (χ2n) is 7.75. The molecule has 0 unspecified atom stereocenters. The lowest BCUT2D eigenvalue weighted by Gasteiger charge is -2.19. The molecule has 0 amide bonds. The summed E-state index contributed by atoms with van der Waals surface area (Å²) >= 11 is 6.28. The highest BCUT2D eigenvalue weighted by Crippen LogP contribution is 2.39.